The highest BCUT2D eigenvalue weighted by Crippen LogP contribution is 2.37. The summed E-state index contributed by atoms with van der Waals surface area (Å²) >= 11 is 0. The first-order chi connectivity index (χ1) is 12.9. The van der Waals surface area contributed by atoms with Gasteiger partial charge in [0.15, 0.2) is 11.6 Å². The molecule has 0 radical (unpaired) electrons. The summed E-state index contributed by atoms with van der Waals surface area (Å²) in [6.07, 6.45) is 3.28. The molecule has 0 aromatic heterocycles. The smallest absolute Gasteiger partial charge is 0.243 e. The predicted octanol–water partition coefficient (Wildman–Crippen LogP) is 4.03. The van der Waals surface area contributed by atoms with Crippen LogP contribution in [0.2, 0.25) is 0 Å². The number of carbonyl (C=O) groups excluding carboxylic acids is 3. The number of hydroxylamine groups is 1. The van der Waals surface area contributed by atoms with Gasteiger partial charge in [-0.2, -0.15) is 0 Å². The monoisotopic (exact) mass is 369 g/mol. The summed E-state index contributed by atoms with van der Waals surface area (Å²) in [4.78, 5) is 36.7. The van der Waals surface area contributed by atoms with Crippen LogP contribution in [0.5, 0.6) is 0 Å². The van der Waals surface area contributed by atoms with Gasteiger partial charge < -0.3 is 0 Å². The molecule has 2 N–H and O–H groups in total. The SMILES string of the molecule is CC1=C(C)C(=O)C(C(CCCCCC(=O)NO)c2ccccc2)=C(C)C1=O. The van der Waals surface area contributed by atoms with Gasteiger partial charge in [0.1, 0.15) is 0 Å². The van der Waals surface area contributed by atoms with Crippen molar-refractivity contribution in [2.24, 2.45) is 0 Å². The Morgan fingerprint density at radius 3 is 2.19 bits per heavy atom. The average molecular weight is 369 g/mol. The van der Waals surface area contributed by atoms with E-state index in [1.54, 1.807) is 26.3 Å². The van der Waals surface area contributed by atoms with Gasteiger partial charge in [-0.3, -0.25) is 19.6 Å². The van der Waals surface area contributed by atoms with E-state index in [9.17, 15) is 14.4 Å². The molecule has 0 aliphatic heterocycles. The summed E-state index contributed by atoms with van der Waals surface area (Å²) < 4.78 is 0. The van der Waals surface area contributed by atoms with E-state index in [1.165, 1.54) is 0 Å². The maximum absolute atomic E-state index is 13.0. The Hall–Kier alpha value is -2.53. The van der Waals surface area contributed by atoms with E-state index >= 15 is 0 Å². The number of rotatable bonds is 8. The van der Waals surface area contributed by atoms with Crippen LogP contribution in [0.15, 0.2) is 52.6 Å². The molecular formula is C22H27NO4. The van der Waals surface area contributed by atoms with Crippen molar-refractivity contribution in [3.63, 3.8) is 0 Å². The van der Waals surface area contributed by atoms with Crippen molar-refractivity contribution in [3.05, 3.63) is 58.2 Å². The second-order valence-electron chi connectivity index (χ2n) is 7.04. The number of Topliss-reactive ketones (excluding diaryl/α,β-unsaturated/α-hetero) is 2. The molecule has 5 heteroatoms. The third kappa shape index (κ3) is 4.80. The summed E-state index contributed by atoms with van der Waals surface area (Å²) in [7, 11) is 0. The lowest BCUT2D eigenvalue weighted by molar-refractivity contribution is -0.129. The molecule has 1 atom stereocenters. The number of carbonyl (C=O) groups is 3. The number of ketones is 2. The Balaban J connectivity index is 2.22. The molecule has 0 saturated carbocycles. The van der Waals surface area contributed by atoms with Crippen LogP contribution in [0.25, 0.3) is 0 Å². The summed E-state index contributed by atoms with van der Waals surface area (Å²) in [5.41, 5.74) is 4.85. The standard InChI is InChI=1S/C22H27NO4/c1-14-15(2)22(26)20(16(3)21(14)25)18(17-10-6-4-7-11-17)12-8-5-9-13-19(24)23-27/h4,6-7,10-11,18,27H,5,8-9,12-13H2,1-3H3,(H,23,24). The Labute approximate surface area is 160 Å². The number of unbranched alkanes of at least 4 members (excludes halogenated alkanes) is 2. The quantitative estimate of drug-likeness (QED) is 0.314. The maximum atomic E-state index is 13.0. The van der Waals surface area contributed by atoms with Crippen molar-refractivity contribution >= 4 is 17.5 Å². The molecule has 0 fully saturated rings. The first kappa shape index (κ1) is 20.8. The van der Waals surface area contributed by atoms with Crippen molar-refractivity contribution in [3.8, 4) is 0 Å². The summed E-state index contributed by atoms with van der Waals surface area (Å²) in [5, 5.41) is 8.55. The molecular weight excluding hydrogens is 342 g/mol. The van der Waals surface area contributed by atoms with Gasteiger partial charge >= 0.3 is 0 Å². The largest absolute Gasteiger partial charge is 0.289 e. The molecule has 1 aromatic rings. The van der Waals surface area contributed by atoms with Gasteiger partial charge in [-0.05, 0) is 39.2 Å². The first-order valence-electron chi connectivity index (χ1n) is 9.34. The summed E-state index contributed by atoms with van der Waals surface area (Å²) in [6, 6.07) is 9.78. The van der Waals surface area contributed by atoms with Crippen LogP contribution < -0.4 is 5.48 Å². The zero-order valence-electron chi connectivity index (χ0n) is 16.2. The minimum Gasteiger partial charge on any atom is -0.289 e. The van der Waals surface area contributed by atoms with Crippen LogP contribution in [0, 0.1) is 0 Å². The second-order valence-corrected chi connectivity index (χ2v) is 7.04. The van der Waals surface area contributed by atoms with E-state index < -0.39 is 5.91 Å². The fourth-order valence-corrected chi connectivity index (χ4v) is 3.57. The fourth-order valence-electron chi connectivity index (χ4n) is 3.57. The number of benzene rings is 1. The minimum atomic E-state index is -0.391. The van der Waals surface area contributed by atoms with Crippen LogP contribution in [0.4, 0.5) is 0 Å². The lowest BCUT2D eigenvalue weighted by Crippen LogP contribution is -2.24. The second kappa shape index (κ2) is 9.42. The highest BCUT2D eigenvalue weighted by atomic mass is 16.5. The van der Waals surface area contributed by atoms with Crippen LogP contribution in [0.1, 0.15) is 64.4 Å². The van der Waals surface area contributed by atoms with Crippen molar-refractivity contribution in [2.75, 3.05) is 0 Å². The van der Waals surface area contributed by atoms with E-state index in [1.807, 2.05) is 30.3 Å². The Kier molecular flexibility index (Phi) is 7.25. The molecule has 0 saturated heterocycles. The van der Waals surface area contributed by atoms with E-state index in [4.69, 9.17) is 5.21 Å². The molecule has 5 nitrogen and oxygen atoms in total. The highest BCUT2D eigenvalue weighted by Gasteiger charge is 2.33. The molecule has 144 valence electrons. The van der Waals surface area contributed by atoms with Crippen LogP contribution >= 0.6 is 0 Å². The van der Waals surface area contributed by atoms with E-state index in [2.05, 4.69) is 0 Å². The Morgan fingerprint density at radius 2 is 1.56 bits per heavy atom. The van der Waals surface area contributed by atoms with Gasteiger partial charge in [0, 0.05) is 34.6 Å². The first-order valence-corrected chi connectivity index (χ1v) is 9.34. The van der Waals surface area contributed by atoms with E-state index in [-0.39, 0.29) is 23.9 Å². The molecule has 1 unspecified atom stereocenters. The fraction of sp³-hybridized carbons (Fsp3) is 0.409. The van der Waals surface area contributed by atoms with Gasteiger partial charge in [0.05, 0.1) is 0 Å². The molecule has 0 bridgehead atoms. The number of allylic oxidation sites excluding steroid dienone is 4. The van der Waals surface area contributed by atoms with Gasteiger partial charge in [-0.1, -0.05) is 43.2 Å². The minimum absolute atomic E-state index is 0.0434. The molecule has 0 spiro atoms. The predicted molar refractivity (Wildman–Crippen MR) is 103 cm³/mol. The summed E-state index contributed by atoms with van der Waals surface area (Å²) in [5.74, 6) is -0.629. The number of hydrogen-bond donors (Lipinski definition) is 2. The third-order valence-electron chi connectivity index (χ3n) is 5.30. The maximum Gasteiger partial charge on any atom is 0.243 e. The highest BCUT2D eigenvalue weighted by molar-refractivity contribution is 6.25. The van der Waals surface area contributed by atoms with E-state index in [0.29, 0.717) is 28.7 Å². The zero-order chi connectivity index (χ0) is 20.0. The van der Waals surface area contributed by atoms with Gasteiger partial charge in [-0.25, -0.2) is 5.48 Å². The lowest BCUT2D eigenvalue weighted by Gasteiger charge is -2.26. The molecule has 1 aliphatic rings. The van der Waals surface area contributed by atoms with Crippen molar-refractivity contribution < 1.29 is 19.6 Å². The number of nitrogens with one attached hydrogen (secondary N) is 1. The van der Waals surface area contributed by atoms with Crippen LogP contribution in [-0.2, 0) is 14.4 Å². The van der Waals surface area contributed by atoms with E-state index in [0.717, 1.165) is 24.8 Å². The third-order valence-corrected chi connectivity index (χ3v) is 5.30. The van der Waals surface area contributed by atoms with Gasteiger partial charge in [0.2, 0.25) is 5.91 Å². The number of amides is 1. The Bertz CT molecular complexity index is 790. The molecule has 1 aromatic carbocycles. The van der Waals surface area contributed by atoms with Crippen molar-refractivity contribution in [1.82, 2.24) is 5.48 Å². The van der Waals surface area contributed by atoms with Crippen LogP contribution in [-0.4, -0.2) is 22.7 Å². The molecule has 27 heavy (non-hydrogen) atoms. The lowest BCUT2D eigenvalue weighted by atomic mass is 9.76. The summed E-state index contributed by atoms with van der Waals surface area (Å²) in [6.45, 7) is 5.17. The average Bonchev–Trinajstić information content (AvgIpc) is 2.69. The molecule has 1 aliphatic carbocycles. The van der Waals surface area contributed by atoms with Crippen LogP contribution in [0.3, 0.4) is 0 Å². The molecule has 1 amide bonds. The zero-order valence-corrected chi connectivity index (χ0v) is 16.2. The van der Waals surface area contributed by atoms with Crippen molar-refractivity contribution in [1.29, 1.82) is 0 Å². The van der Waals surface area contributed by atoms with Crippen molar-refractivity contribution in [2.45, 2.75) is 58.8 Å². The topological polar surface area (TPSA) is 83.5 Å². The molecule has 0 heterocycles. The van der Waals surface area contributed by atoms with Gasteiger partial charge in [-0.15, -0.1) is 0 Å². The normalized spacial score (nSPS) is 16.0. The molecule has 2 rings (SSSR count). The van der Waals surface area contributed by atoms with Gasteiger partial charge in [0.25, 0.3) is 0 Å². The Morgan fingerprint density at radius 1 is 0.926 bits per heavy atom. The number of hydrogen-bond acceptors (Lipinski definition) is 4.